The molecule has 0 bridgehead atoms. The molecule has 0 spiro atoms. The summed E-state index contributed by atoms with van der Waals surface area (Å²) in [7, 11) is 0. The minimum atomic E-state index is -0.259. The van der Waals surface area contributed by atoms with Crippen LogP contribution in [0.5, 0.6) is 0 Å². The molecule has 1 heterocycles. The van der Waals surface area contributed by atoms with Gasteiger partial charge in [-0.15, -0.1) is 0 Å². The lowest BCUT2D eigenvalue weighted by Crippen LogP contribution is -2.43. The molecule has 1 aliphatic rings. The Morgan fingerprint density at radius 1 is 1.35 bits per heavy atom. The Bertz CT molecular complexity index is 246. The van der Waals surface area contributed by atoms with E-state index >= 15 is 0 Å². The highest BCUT2D eigenvalue weighted by Crippen LogP contribution is 2.21. The molecule has 1 saturated heterocycles. The van der Waals surface area contributed by atoms with Crippen molar-refractivity contribution in [2.75, 3.05) is 13.1 Å². The van der Waals surface area contributed by atoms with Crippen LogP contribution < -0.4 is 5.73 Å². The van der Waals surface area contributed by atoms with Crippen LogP contribution >= 0.6 is 0 Å². The first kappa shape index (κ1) is 14.5. The van der Waals surface area contributed by atoms with E-state index in [4.69, 9.17) is 5.73 Å². The van der Waals surface area contributed by atoms with Gasteiger partial charge < -0.3 is 15.7 Å². The predicted molar refractivity (Wildman–Crippen MR) is 68.4 cm³/mol. The third-order valence-electron chi connectivity index (χ3n) is 3.84. The maximum atomic E-state index is 12.0. The van der Waals surface area contributed by atoms with Crippen LogP contribution in [0.4, 0.5) is 0 Å². The van der Waals surface area contributed by atoms with E-state index < -0.39 is 0 Å². The van der Waals surface area contributed by atoms with E-state index in [0.717, 1.165) is 25.9 Å². The minimum Gasteiger partial charge on any atom is -0.393 e. The Kier molecular flexibility index (Phi) is 5.40. The largest absolute Gasteiger partial charge is 0.393 e. The van der Waals surface area contributed by atoms with E-state index in [0.29, 0.717) is 18.3 Å². The number of amides is 1. The van der Waals surface area contributed by atoms with Gasteiger partial charge in [-0.05, 0) is 31.6 Å². The third kappa shape index (κ3) is 4.28. The first-order valence-electron chi connectivity index (χ1n) is 6.63. The van der Waals surface area contributed by atoms with Gasteiger partial charge in [-0.25, -0.2) is 0 Å². The van der Waals surface area contributed by atoms with Crippen LogP contribution in [0.25, 0.3) is 0 Å². The lowest BCUT2D eigenvalue weighted by molar-refractivity contribution is -0.133. The zero-order valence-corrected chi connectivity index (χ0v) is 11.2. The molecule has 4 heteroatoms. The summed E-state index contributed by atoms with van der Waals surface area (Å²) in [5, 5.41) is 9.50. The van der Waals surface area contributed by atoms with Gasteiger partial charge in [0.2, 0.25) is 5.91 Å². The molecule has 1 amide bonds. The average Bonchev–Trinajstić information content (AvgIpc) is 2.28. The molecule has 1 rings (SSSR count). The Hall–Kier alpha value is -0.610. The molecule has 3 N–H and O–H groups in total. The summed E-state index contributed by atoms with van der Waals surface area (Å²) in [5.74, 6) is 0.849. The van der Waals surface area contributed by atoms with Gasteiger partial charge >= 0.3 is 0 Å². The molecule has 0 aromatic heterocycles. The van der Waals surface area contributed by atoms with Gasteiger partial charge in [0.25, 0.3) is 0 Å². The summed E-state index contributed by atoms with van der Waals surface area (Å²) in [6, 6.07) is -0.0445. The zero-order chi connectivity index (χ0) is 13.0. The fourth-order valence-corrected chi connectivity index (χ4v) is 2.20. The van der Waals surface area contributed by atoms with E-state index in [1.165, 1.54) is 0 Å². The van der Waals surface area contributed by atoms with E-state index in [9.17, 15) is 9.90 Å². The van der Waals surface area contributed by atoms with Crippen molar-refractivity contribution in [3.8, 4) is 0 Å². The lowest BCUT2D eigenvalue weighted by Gasteiger charge is -2.34. The molecule has 0 saturated carbocycles. The number of hydrogen-bond acceptors (Lipinski definition) is 3. The topological polar surface area (TPSA) is 66.6 Å². The van der Waals surface area contributed by atoms with Crippen molar-refractivity contribution in [1.82, 2.24) is 4.90 Å². The lowest BCUT2D eigenvalue weighted by atomic mass is 9.91. The molecule has 1 aliphatic heterocycles. The molecule has 17 heavy (non-hydrogen) atoms. The Morgan fingerprint density at radius 3 is 2.29 bits per heavy atom. The molecule has 0 aromatic rings. The second-order valence-corrected chi connectivity index (χ2v) is 5.57. The fraction of sp³-hybridized carbons (Fsp3) is 0.923. The van der Waals surface area contributed by atoms with E-state index in [1.54, 1.807) is 0 Å². The van der Waals surface area contributed by atoms with Crippen LogP contribution in [-0.2, 0) is 4.79 Å². The van der Waals surface area contributed by atoms with Gasteiger partial charge in [0.05, 0.1) is 6.10 Å². The smallest absolute Gasteiger partial charge is 0.224 e. The first-order chi connectivity index (χ1) is 7.91. The van der Waals surface area contributed by atoms with Crippen LogP contribution in [0.15, 0.2) is 0 Å². The monoisotopic (exact) mass is 242 g/mol. The number of rotatable bonds is 4. The van der Waals surface area contributed by atoms with Gasteiger partial charge in [-0.2, -0.15) is 0 Å². The van der Waals surface area contributed by atoms with Gasteiger partial charge in [-0.3, -0.25) is 4.79 Å². The number of piperidine rings is 1. The molecule has 0 aromatic carbocycles. The van der Waals surface area contributed by atoms with Crippen molar-refractivity contribution in [2.24, 2.45) is 17.6 Å². The van der Waals surface area contributed by atoms with Gasteiger partial charge in [0, 0.05) is 25.6 Å². The predicted octanol–water partition coefficient (Wildman–Crippen LogP) is 0.979. The molecule has 2 atom stereocenters. The standard InChI is InChI=1S/C13H26N2O2/c1-9(2)12(14)8-13(17)15-6-4-11(5-7-15)10(3)16/h9-12,16H,4-8,14H2,1-3H3. The Balaban J connectivity index is 2.36. The highest BCUT2D eigenvalue weighted by atomic mass is 16.3. The molecule has 1 fully saturated rings. The van der Waals surface area contributed by atoms with Crippen LogP contribution in [0.3, 0.4) is 0 Å². The fourth-order valence-electron chi connectivity index (χ4n) is 2.20. The highest BCUT2D eigenvalue weighted by molar-refractivity contribution is 5.76. The Labute approximate surface area is 104 Å². The number of nitrogens with zero attached hydrogens (tertiary/aromatic N) is 1. The molecular formula is C13H26N2O2. The number of nitrogens with two attached hydrogens (primary N) is 1. The molecule has 4 nitrogen and oxygen atoms in total. The second kappa shape index (κ2) is 6.36. The van der Waals surface area contributed by atoms with Crippen molar-refractivity contribution in [3.63, 3.8) is 0 Å². The summed E-state index contributed by atoms with van der Waals surface area (Å²) in [6.07, 6.45) is 1.99. The highest BCUT2D eigenvalue weighted by Gasteiger charge is 2.26. The van der Waals surface area contributed by atoms with Crippen LogP contribution in [0.1, 0.15) is 40.0 Å². The number of likely N-dealkylation sites (tertiary alicyclic amines) is 1. The maximum Gasteiger partial charge on any atom is 0.224 e. The number of hydrogen-bond donors (Lipinski definition) is 2. The number of aliphatic hydroxyl groups is 1. The average molecular weight is 242 g/mol. The van der Waals surface area contributed by atoms with Crippen LogP contribution in [0, 0.1) is 11.8 Å². The van der Waals surface area contributed by atoms with Crippen molar-refractivity contribution in [2.45, 2.75) is 52.2 Å². The molecule has 0 radical (unpaired) electrons. The number of carbonyl (C=O) groups excluding carboxylic acids is 1. The van der Waals surface area contributed by atoms with Crippen molar-refractivity contribution in [1.29, 1.82) is 0 Å². The third-order valence-corrected chi connectivity index (χ3v) is 3.84. The summed E-state index contributed by atoms with van der Waals surface area (Å²) in [6.45, 7) is 7.44. The van der Waals surface area contributed by atoms with E-state index in [-0.39, 0.29) is 18.1 Å². The number of carbonyl (C=O) groups is 1. The van der Waals surface area contributed by atoms with Crippen molar-refractivity contribution in [3.05, 3.63) is 0 Å². The van der Waals surface area contributed by atoms with Crippen LogP contribution in [-0.4, -0.2) is 41.1 Å². The maximum absolute atomic E-state index is 12.0. The van der Waals surface area contributed by atoms with Gasteiger partial charge in [0.15, 0.2) is 0 Å². The molecule has 100 valence electrons. The van der Waals surface area contributed by atoms with Crippen molar-refractivity contribution >= 4 is 5.91 Å². The second-order valence-electron chi connectivity index (χ2n) is 5.57. The van der Waals surface area contributed by atoms with Crippen molar-refractivity contribution < 1.29 is 9.90 Å². The summed E-state index contributed by atoms with van der Waals surface area (Å²) < 4.78 is 0. The Morgan fingerprint density at radius 2 is 1.88 bits per heavy atom. The summed E-state index contributed by atoms with van der Waals surface area (Å²) in [5.41, 5.74) is 5.91. The minimum absolute atomic E-state index is 0.0445. The van der Waals surface area contributed by atoms with Crippen LogP contribution in [0.2, 0.25) is 0 Å². The van der Waals surface area contributed by atoms with E-state index in [1.807, 2.05) is 25.7 Å². The molecule has 0 aliphatic carbocycles. The molecule has 2 unspecified atom stereocenters. The summed E-state index contributed by atoms with van der Waals surface area (Å²) in [4.78, 5) is 13.9. The normalized spacial score (nSPS) is 21.6. The van der Waals surface area contributed by atoms with E-state index in [2.05, 4.69) is 0 Å². The SMILES string of the molecule is CC(C)C(N)CC(=O)N1CCC(C(C)O)CC1. The summed E-state index contributed by atoms with van der Waals surface area (Å²) >= 11 is 0. The first-order valence-corrected chi connectivity index (χ1v) is 6.63. The molecular weight excluding hydrogens is 216 g/mol. The van der Waals surface area contributed by atoms with Gasteiger partial charge in [0.1, 0.15) is 0 Å². The quantitative estimate of drug-likeness (QED) is 0.772. The van der Waals surface area contributed by atoms with Gasteiger partial charge in [-0.1, -0.05) is 13.8 Å². The zero-order valence-electron chi connectivity index (χ0n) is 11.2. The number of aliphatic hydroxyl groups excluding tert-OH is 1.